The maximum Gasteiger partial charge on any atom is 0.573 e. The molecule has 3 nitrogen and oxygen atoms in total. The first-order valence-corrected chi connectivity index (χ1v) is 6.49. The van der Waals surface area contributed by atoms with Crippen molar-refractivity contribution in [2.45, 2.75) is 20.2 Å². The number of hydrogen-bond donors (Lipinski definition) is 1. The monoisotopic (exact) mass is 309 g/mol. The lowest BCUT2D eigenvalue weighted by Crippen LogP contribution is -2.17. The maximum atomic E-state index is 12.1. The molecule has 6 heteroatoms. The summed E-state index contributed by atoms with van der Waals surface area (Å²) in [7, 11) is 0. The van der Waals surface area contributed by atoms with Crippen LogP contribution < -0.4 is 10.1 Å². The number of aryl methyl sites for hydroxylation is 2. The Bertz CT molecular complexity index is 679. The summed E-state index contributed by atoms with van der Waals surface area (Å²) < 4.78 is 40.0. The summed E-state index contributed by atoms with van der Waals surface area (Å²) in [5.41, 5.74) is 2.81. The lowest BCUT2D eigenvalue weighted by atomic mass is 10.1. The summed E-state index contributed by atoms with van der Waals surface area (Å²) in [5.74, 6) is -0.761. The number of hydrogen-bond acceptors (Lipinski definition) is 2. The van der Waals surface area contributed by atoms with Gasteiger partial charge in [-0.3, -0.25) is 4.79 Å². The van der Waals surface area contributed by atoms with Gasteiger partial charge < -0.3 is 10.1 Å². The summed E-state index contributed by atoms with van der Waals surface area (Å²) in [6.45, 7) is 3.76. The Morgan fingerprint density at radius 1 is 1.05 bits per heavy atom. The van der Waals surface area contributed by atoms with E-state index in [-0.39, 0.29) is 11.3 Å². The van der Waals surface area contributed by atoms with Gasteiger partial charge in [-0.25, -0.2) is 0 Å². The molecule has 1 amide bonds. The minimum Gasteiger partial charge on any atom is -0.406 e. The van der Waals surface area contributed by atoms with Gasteiger partial charge in [0.05, 0.1) is 0 Å². The normalized spacial score (nSPS) is 11.1. The lowest BCUT2D eigenvalue weighted by molar-refractivity contribution is -0.274. The van der Waals surface area contributed by atoms with Crippen LogP contribution in [0.4, 0.5) is 18.9 Å². The first-order valence-electron chi connectivity index (χ1n) is 6.49. The number of amides is 1. The number of carbonyl (C=O) groups is 1. The molecule has 0 atom stereocenters. The Balaban J connectivity index is 2.11. The largest absolute Gasteiger partial charge is 0.573 e. The van der Waals surface area contributed by atoms with Crippen molar-refractivity contribution in [2.24, 2.45) is 0 Å². The van der Waals surface area contributed by atoms with E-state index in [2.05, 4.69) is 10.1 Å². The molecule has 1 N–H and O–H groups in total. The molecule has 0 aliphatic rings. The second-order valence-electron chi connectivity index (χ2n) is 4.84. The fourth-order valence-corrected chi connectivity index (χ4v) is 1.87. The molecule has 2 aromatic rings. The van der Waals surface area contributed by atoms with Gasteiger partial charge in [0.1, 0.15) is 5.75 Å². The molecule has 116 valence electrons. The van der Waals surface area contributed by atoms with Crippen molar-refractivity contribution >= 4 is 11.6 Å². The highest BCUT2D eigenvalue weighted by Crippen LogP contribution is 2.23. The minimum atomic E-state index is -4.75. The van der Waals surface area contributed by atoms with Crippen LogP contribution in [0.2, 0.25) is 0 Å². The molecule has 0 aromatic heterocycles. The van der Waals surface area contributed by atoms with Gasteiger partial charge in [-0.15, -0.1) is 13.2 Å². The van der Waals surface area contributed by atoms with Crippen molar-refractivity contribution in [1.82, 2.24) is 0 Å². The zero-order valence-electron chi connectivity index (χ0n) is 12.0. The van der Waals surface area contributed by atoms with Crippen LogP contribution in [0.3, 0.4) is 0 Å². The number of carbonyl (C=O) groups excluding carboxylic acids is 1. The third-order valence-electron chi connectivity index (χ3n) is 2.99. The van der Waals surface area contributed by atoms with Crippen LogP contribution in [-0.2, 0) is 0 Å². The fourth-order valence-electron chi connectivity index (χ4n) is 1.87. The smallest absolute Gasteiger partial charge is 0.406 e. The topological polar surface area (TPSA) is 38.3 Å². The van der Waals surface area contributed by atoms with Gasteiger partial charge in [0.15, 0.2) is 0 Å². The third kappa shape index (κ3) is 4.25. The van der Waals surface area contributed by atoms with E-state index in [4.69, 9.17) is 0 Å². The Morgan fingerprint density at radius 2 is 1.68 bits per heavy atom. The summed E-state index contributed by atoms with van der Waals surface area (Å²) in [4.78, 5) is 12.1. The molecule has 0 unspecified atom stereocenters. The number of benzene rings is 2. The number of halogens is 3. The average molecular weight is 309 g/mol. The van der Waals surface area contributed by atoms with Gasteiger partial charge in [-0.1, -0.05) is 12.1 Å². The number of alkyl halides is 3. The highest BCUT2D eigenvalue weighted by molar-refractivity contribution is 6.04. The van der Waals surface area contributed by atoms with E-state index in [9.17, 15) is 18.0 Å². The van der Waals surface area contributed by atoms with Crippen LogP contribution >= 0.6 is 0 Å². The van der Waals surface area contributed by atoms with Crippen molar-refractivity contribution in [3.05, 3.63) is 59.2 Å². The highest BCUT2D eigenvalue weighted by Gasteiger charge is 2.31. The fraction of sp³-hybridized carbons (Fsp3) is 0.188. The molecule has 0 aliphatic heterocycles. The maximum absolute atomic E-state index is 12.1. The van der Waals surface area contributed by atoms with Crippen LogP contribution in [0.25, 0.3) is 0 Å². The van der Waals surface area contributed by atoms with Gasteiger partial charge in [0.25, 0.3) is 5.91 Å². The number of rotatable bonds is 3. The van der Waals surface area contributed by atoms with E-state index < -0.39 is 12.3 Å². The first-order chi connectivity index (χ1) is 10.2. The molecule has 2 aromatic carbocycles. The minimum absolute atomic E-state index is 0.246. The van der Waals surface area contributed by atoms with Crippen molar-refractivity contribution in [1.29, 1.82) is 0 Å². The Labute approximate surface area is 125 Å². The zero-order chi connectivity index (χ0) is 16.3. The Kier molecular flexibility index (Phi) is 4.40. The number of anilines is 1. The first kappa shape index (κ1) is 15.9. The number of nitrogens with one attached hydrogen (secondary N) is 1. The molecule has 0 saturated heterocycles. The molecule has 2 rings (SSSR count). The van der Waals surface area contributed by atoms with E-state index >= 15 is 0 Å². The number of ether oxygens (including phenoxy) is 1. The predicted molar refractivity (Wildman–Crippen MR) is 77.0 cm³/mol. The van der Waals surface area contributed by atoms with Crippen molar-refractivity contribution < 1.29 is 22.7 Å². The second-order valence-corrected chi connectivity index (χ2v) is 4.84. The van der Waals surface area contributed by atoms with Gasteiger partial charge in [-0.2, -0.15) is 0 Å². The van der Waals surface area contributed by atoms with Crippen LogP contribution in [0.15, 0.2) is 42.5 Å². The molecule has 0 fully saturated rings. The molecule has 0 spiro atoms. The van der Waals surface area contributed by atoms with E-state index in [1.54, 1.807) is 0 Å². The Morgan fingerprint density at radius 3 is 2.27 bits per heavy atom. The van der Waals surface area contributed by atoms with Crippen LogP contribution in [0.5, 0.6) is 5.75 Å². The van der Waals surface area contributed by atoms with Gasteiger partial charge >= 0.3 is 6.36 Å². The SMILES string of the molecule is Cc1ccc(C)c(NC(=O)c2ccc(OC(F)(F)F)cc2)c1. The molecular weight excluding hydrogens is 295 g/mol. The van der Waals surface area contributed by atoms with E-state index in [0.717, 1.165) is 23.3 Å². The van der Waals surface area contributed by atoms with Crippen molar-refractivity contribution in [2.75, 3.05) is 5.32 Å². The van der Waals surface area contributed by atoms with E-state index in [1.165, 1.54) is 12.1 Å². The van der Waals surface area contributed by atoms with Crippen molar-refractivity contribution in [3.8, 4) is 5.75 Å². The van der Waals surface area contributed by atoms with Gasteiger partial charge in [0.2, 0.25) is 0 Å². The summed E-state index contributed by atoms with van der Waals surface area (Å²) in [5, 5.41) is 2.73. The molecule has 0 bridgehead atoms. The third-order valence-corrected chi connectivity index (χ3v) is 2.99. The quantitative estimate of drug-likeness (QED) is 0.909. The van der Waals surface area contributed by atoms with E-state index in [0.29, 0.717) is 5.69 Å². The van der Waals surface area contributed by atoms with E-state index in [1.807, 2.05) is 32.0 Å². The molecule has 0 aliphatic carbocycles. The molecule has 0 radical (unpaired) electrons. The summed E-state index contributed by atoms with van der Waals surface area (Å²) >= 11 is 0. The van der Waals surface area contributed by atoms with Gasteiger partial charge in [-0.05, 0) is 55.3 Å². The standard InChI is InChI=1S/C16H14F3NO2/c1-10-3-4-11(2)14(9-10)20-15(21)12-5-7-13(8-6-12)22-16(17,18)19/h3-9H,1-2H3,(H,20,21). The van der Waals surface area contributed by atoms with Crippen molar-refractivity contribution in [3.63, 3.8) is 0 Å². The summed E-state index contributed by atoms with van der Waals surface area (Å²) in [6.07, 6.45) is -4.75. The van der Waals surface area contributed by atoms with Crippen LogP contribution in [-0.4, -0.2) is 12.3 Å². The second kappa shape index (κ2) is 6.09. The molecule has 0 saturated carbocycles. The summed E-state index contributed by atoms with van der Waals surface area (Å²) in [6, 6.07) is 10.4. The van der Waals surface area contributed by atoms with Gasteiger partial charge in [0, 0.05) is 11.3 Å². The lowest BCUT2D eigenvalue weighted by Gasteiger charge is -2.11. The molecular formula is C16H14F3NO2. The van der Waals surface area contributed by atoms with Crippen LogP contribution in [0, 0.1) is 13.8 Å². The predicted octanol–water partition coefficient (Wildman–Crippen LogP) is 4.45. The average Bonchev–Trinajstić information content (AvgIpc) is 2.42. The highest BCUT2D eigenvalue weighted by atomic mass is 19.4. The molecule has 0 heterocycles. The molecule has 22 heavy (non-hydrogen) atoms. The van der Waals surface area contributed by atoms with Crippen LogP contribution in [0.1, 0.15) is 21.5 Å². The Hall–Kier alpha value is -2.50. The zero-order valence-corrected chi connectivity index (χ0v) is 12.0.